The second-order valence-corrected chi connectivity index (χ2v) is 13.2. The van der Waals surface area contributed by atoms with Crippen LogP contribution in [0.2, 0.25) is 0 Å². The van der Waals surface area contributed by atoms with Crippen molar-refractivity contribution < 1.29 is 23.9 Å². The second kappa shape index (κ2) is 15.4. The van der Waals surface area contributed by atoms with E-state index in [4.69, 9.17) is 4.74 Å². The molecule has 43 heavy (non-hydrogen) atoms. The summed E-state index contributed by atoms with van der Waals surface area (Å²) in [6.45, 7) is 12.7. The number of hydrazine groups is 1. The molecule has 11 nitrogen and oxygen atoms in total. The minimum Gasteiger partial charge on any atom is -0.373 e. The number of likely N-dealkylation sites (tertiary alicyclic amines) is 1. The third-order valence-electron chi connectivity index (χ3n) is 8.08. The van der Waals surface area contributed by atoms with E-state index in [1.807, 2.05) is 71.9 Å². The third-order valence-corrected chi connectivity index (χ3v) is 8.08. The molecule has 1 heterocycles. The zero-order valence-electron chi connectivity index (χ0n) is 26.8. The summed E-state index contributed by atoms with van der Waals surface area (Å²) in [4.78, 5) is 54.2. The summed E-state index contributed by atoms with van der Waals surface area (Å²) >= 11 is 0. The van der Waals surface area contributed by atoms with Gasteiger partial charge in [0, 0.05) is 13.1 Å². The number of hydrogen-bond acceptors (Lipinski definition) is 5. The summed E-state index contributed by atoms with van der Waals surface area (Å²) in [7, 11) is 0. The number of carbonyl (C=O) groups excluding carboxylic acids is 4. The first-order valence-electron chi connectivity index (χ1n) is 15.8. The summed E-state index contributed by atoms with van der Waals surface area (Å²) in [6.07, 6.45) is 5.89. The Morgan fingerprint density at radius 2 is 1.77 bits per heavy atom. The molecule has 0 spiro atoms. The van der Waals surface area contributed by atoms with Gasteiger partial charge in [-0.05, 0) is 64.9 Å². The van der Waals surface area contributed by atoms with E-state index in [1.54, 1.807) is 0 Å². The smallest absolute Gasteiger partial charge is 0.336 e. The van der Waals surface area contributed by atoms with Crippen LogP contribution in [0.5, 0.6) is 0 Å². The van der Waals surface area contributed by atoms with Crippen LogP contribution in [-0.4, -0.2) is 77.2 Å². The topological polar surface area (TPSA) is 132 Å². The average molecular weight is 601 g/mol. The van der Waals surface area contributed by atoms with E-state index in [9.17, 15) is 19.2 Å². The van der Waals surface area contributed by atoms with Crippen molar-refractivity contribution in [1.29, 1.82) is 0 Å². The van der Waals surface area contributed by atoms with Gasteiger partial charge in [-0.3, -0.25) is 15.0 Å². The van der Waals surface area contributed by atoms with Crippen molar-refractivity contribution in [2.75, 3.05) is 26.2 Å². The first-order valence-corrected chi connectivity index (χ1v) is 15.8. The molecule has 0 aromatic heterocycles. The number of amides is 6. The molecule has 11 heteroatoms. The molecule has 6 amide bonds. The van der Waals surface area contributed by atoms with E-state index in [1.165, 1.54) is 9.91 Å². The Hall–Kier alpha value is -3.34. The van der Waals surface area contributed by atoms with Gasteiger partial charge >= 0.3 is 12.1 Å². The Morgan fingerprint density at radius 3 is 2.40 bits per heavy atom. The highest BCUT2D eigenvalue weighted by molar-refractivity contribution is 5.91. The van der Waals surface area contributed by atoms with Crippen LogP contribution in [0, 0.1) is 5.92 Å². The van der Waals surface area contributed by atoms with Crippen LogP contribution in [0.15, 0.2) is 30.3 Å². The monoisotopic (exact) mass is 600 g/mol. The van der Waals surface area contributed by atoms with Crippen molar-refractivity contribution in [3.05, 3.63) is 35.9 Å². The lowest BCUT2D eigenvalue weighted by Gasteiger charge is -2.39. The Labute approximate surface area is 256 Å². The first-order chi connectivity index (χ1) is 20.3. The number of hydrogen-bond donors (Lipinski definition) is 4. The molecule has 0 bridgehead atoms. The number of nitrogens with zero attached hydrogens (tertiary/aromatic N) is 2. The molecule has 1 saturated carbocycles. The molecule has 2 fully saturated rings. The van der Waals surface area contributed by atoms with Crippen LogP contribution >= 0.6 is 0 Å². The van der Waals surface area contributed by atoms with Gasteiger partial charge in [0.1, 0.15) is 6.04 Å². The molecule has 1 aliphatic heterocycles. The van der Waals surface area contributed by atoms with Gasteiger partial charge in [-0.1, -0.05) is 63.4 Å². The number of nitrogens with one attached hydrogen (secondary N) is 4. The fourth-order valence-corrected chi connectivity index (χ4v) is 5.73. The molecule has 1 aromatic rings. The standard InChI is InChI=1S/C32H52N6O5/c1-7-18-38(30(42)34-24(3)25-14-10-8-11-15-25)36-28(40)26-19-23(2)21-37(26)27(39)20-33-29(41)35-32(16-12-9-13-17-32)22-43-31(4,5)6/h8,10-11,14-15,23-24,26H,7,9,12-13,16-22H2,1-6H3,(H,34,42)(H,36,40)(H2,33,35,41). The number of urea groups is 2. The molecule has 3 unspecified atom stereocenters. The molecule has 1 saturated heterocycles. The number of rotatable bonds is 10. The summed E-state index contributed by atoms with van der Waals surface area (Å²) in [6, 6.07) is 7.76. The fraction of sp³-hybridized carbons (Fsp3) is 0.688. The van der Waals surface area contributed by atoms with Crippen molar-refractivity contribution in [3.63, 3.8) is 0 Å². The van der Waals surface area contributed by atoms with Crippen LogP contribution in [0.3, 0.4) is 0 Å². The quantitative estimate of drug-likeness (QED) is 0.298. The maximum atomic E-state index is 13.4. The molecule has 1 aromatic carbocycles. The normalized spacial score (nSPS) is 20.6. The minimum atomic E-state index is -0.740. The van der Waals surface area contributed by atoms with Gasteiger partial charge < -0.3 is 25.6 Å². The lowest BCUT2D eigenvalue weighted by atomic mass is 9.82. The Balaban J connectivity index is 1.57. The van der Waals surface area contributed by atoms with Crippen molar-refractivity contribution in [1.82, 2.24) is 31.3 Å². The Morgan fingerprint density at radius 1 is 1.09 bits per heavy atom. The molecular formula is C32H52N6O5. The maximum absolute atomic E-state index is 13.4. The molecule has 240 valence electrons. The third kappa shape index (κ3) is 10.4. The van der Waals surface area contributed by atoms with Gasteiger partial charge in [0.15, 0.2) is 0 Å². The van der Waals surface area contributed by atoms with Crippen molar-refractivity contribution in [3.8, 4) is 0 Å². The molecule has 3 rings (SSSR count). The lowest BCUT2D eigenvalue weighted by molar-refractivity contribution is -0.139. The van der Waals surface area contributed by atoms with Gasteiger partial charge in [0.05, 0.1) is 30.3 Å². The van der Waals surface area contributed by atoms with E-state index in [2.05, 4.69) is 21.4 Å². The van der Waals surface area contributed by atoms with Gasteiger partial charge in [0.25, 0.3) is 5.91 Å². The van der Waals surface area contributed by atoms with Gasteiger partial charge in [-0.25, -0.2) is 14.6 Å². The first kappa shape index (κ1) is 34.2. The fourth-order valence-electron chi connectivity index (χ4n) is 5.73. The van der Waals surface area contributed by atoms with Gasteiger partial charge in [-0.15, -0.1) is 0 Å². The summed E-state index contributed by atoms with van der Waals surface area (Å²) in [5.74, 6) is -0.661. The van der Waals surface area contributed by atoms with Crippen molar-refractivity contribution >= 4 is 23.9 Å². The maximum Gasteiger partial charge on any atom is 0.336 e. The highest BCUT2D eigenvalue weighted by Crippen LogP contribution is 2.30. The number of ether oxygens (including phenoxy) is 1. The van der Waals surface area contributed by atoms with Crippen molar-refractivity contribution in [2.45, 2.75) is 110 Å². The highest BCUT2D eigenvalue weighted by Gasteiger charge is 2.39. The van der Waals surface area contributed by atoms with Crippen LogP contribution < -0.4 is 21.4 Å². The van der Waals surface area contributed by atoms with Crippen LogP contribution in [0.4, 0.5) is 9.59 Å². The SMILES string of the molecule is CCCN(NC(=O)C1CC(C)CN1C(=O)CNC(=O)NC1(COC(C)(C)C)CCCCC1)C(=O)NC(C)c1ccccc1. The van der Waals surface area contributed by atoms with Crippen LogP contribution in [0.1, 0.15) is 98.1 Å². The Kier molecular flexibility index (Phi) is 12.2. The van der Waals surface area contributed by atoms with E-state index < -0.39 is 29.6 Å². The second-order valence-electron chi connectivity index (χ2n) is 13.2. The zero-order chi connectivity index (χ0) is 31.6. The van der Waals surface area contributed by atoms with Gasteiger partial charge in [0.2, 0.25) is 5.91 Å². The molecule has 3 atom stereocenters. The molecular weight excluding hydrogens is 548 g/mol. The summed E-state index contributed by atoms with van der Waals surface area (Å²) < 4.78 is 6.05. The van der Waals surface area contributed by atoms with E-state index in [-0.39, 0.29) is 30.0 Å². The highest BCUT2D eigenvalue weighted by atomic mass is 16.5. The minimum absolute atomic E-state index is 0.0973. The van der Waals surface area contributed by atoms with Crippen LogP contribution in [0.25, 0.3) is 0 Å². The van der Waals surface area contributed by atoms with Gasteiger partial charge in [-0.2, -0.15) is 0 Å². The largest absolute Gasteiger partial charge is 0.373 e. The predicted molar refractivity (Wildman–Crippen MR) is 166 cm³/mol. The number of benzene rings is 1. The molecule has 1 aliphatic carbocycles. The molecule has 2 aliphatic rings. The summed E-state index contributed by atoms with van der Waals surface area (Å²) in [5.41, 5.74) is 2.91. The number of carbonyl (C=O) groups is 4. The predicted octanol–water partition coefficient (Wildman–Crippen LogP) is 4.25. The molecule has 4 N–H and O–H groups in total. The van der Waals surface area contributed by atoms with E-state index in [0.717, 1.165) is 37.7 Å². The molecule has 0 radical (unpaired) electrons. The zero-order valence-corrected chi connectivity index (χ0v) is 26.8. The van der Waals surface area contributed by atoms with Crippen molar-refractivity contribution in [2.24, 2.45) is 5.92 Å². The lowest BCUT2D eigenvalue weighted by Crippen LogP contribution is -2.58. The van der Waals surface area contributed by atoms with Crippen LogP contribution in [-0.2, 0) is 14.3 Å². The van der Waals surface area contributed by atoms with E-state index >= 15 is 0 Å². The Bertz CT molecular complexity index is 1090. The average Bonchev–Trinajstić information content (AvgIpc) is 3.37. The summed E-state index contributed by atoms with van der Waals surface area (Å²) in [5, 5.41) is 10.0. The van der Waals surface area contributed by atoms with E-state index in [0.29, 0.717) is 32.5 Å².